The van der Waals surface area contributed by atoms with Gasteiger partial charge < -0.3 is 10.1 Å². The quantitative estimate of drug-likeness (QED) is 0.815. The number of likely N-dealkylation sites (tertiary alicyclic amines) is 1. The molecular formula is C17H30F2N2O. The highest BCUT2D eigenvalue weighted by atomic mass is 19.3. The van der Waals surface area contributed by atoms with Crippen LogP contribution >= 0.6 is 0 Å². The molecule has 0 bridgehead atoms. The second-order valence-corrected chi connectivity index (χ2v) is 7.31. The van der Waals surface area contributed by atoms with Crippen molar-refractivity contribution in [2.24, 2.45) is 5.41 Å². The summed E-state index contributed by atoms with van der Waals surface area (Å²) in [6.07, 6.45) is 6.60. The van der Waals surface area contributed by atoms with Crippen LogP contribution in [0.15, 0.2) is 0 Å². The zero-order valence-electron chi connectivity index (χ0n) is 13.7. The molecule has 2 aliphatic carbocycles. The van der Waals surface area contributed by atoms with E-state index in [1.807, 2.05) is 4.90 Å². The summed E-state index contributed by atoms with van der Waals surface area (Å²) in [5, 5.41) is 3.86. The Bertz CT molecular complexity index is 353. The molecule has 0 amide bonds. The molecule has 3 rings (SSSR count). The fourth-order valence-electron chi connectivity index (χ4n) is 4.88. The van der Waals surface area contributed by atoms with Crippen LogP contribution in [-0.4, -0.2) is 55.8 Å². The molecule has 1 aliphatic heterocycles. The molecule has 3 fully saturated rings. The predicted octanol–water partition coefficient (Wildman–Crippen LogP) is 3.04. The van der Waals surface area contributed by atoms with Crippen molar-refractivity contribution < 1.29 is 13.5 Å². The smallest absolute Gasteiger partial charge is 0.251 e. The zero-order valence-corrected chi connectivity index (χ0v) is 13.7. The molecular weight excluding hydrogens is 286 g/mol. The Labute approximate surface area is 132 Å². The van der Waals surface area contributed by atoms with Gasteiger partial charge in [-0.2, -0.15) is 0 Å². The van der Waals surface area contributed by atoms with Gasteiger partial charge in [0.15, 0.2) is 0 Å². The summed E-state index contributed by atoms with van der Waals surface area (Å²) in [4.78, 5) is 1.90. The molecule has 5 heteroatoms. The summed E-state index contributed by atoms with van der Waals surface area (Å²) in [6, 6.07) is 1.08. The summed E-state index contributed by atoms with van der Waals surface area (Å²) >= 11 is 0. The van der Waals surface area contributed by atoms with Crippen LogP contribution in [-0.2, 0) is 4.74 Å². The molecule has 1 spiro atoms. The summed E-state index contributed by atoms with van der Waals surface area (Å²) in [7, 11) is 0. The van der Waals surface area contributed by atoms with Gasteiger partial charge in [0, 0.05) is 24.1 Å². The molecule has 2 saturated carbocycles. The molecule has 0 aromatic rings. The van der Waals surface area contributed by atoms with Crippen molar-refractivity contribution in [2.45, 2.75) is 76.5 Å². The predicted molar refractivity (Wildman–Crippen MR) is 83.3 cm³/mol. The molecule has 22 heavy (non-hydrogen) atoms. The summed E-state index contributed by atoms with van der Waals surface area (Å²) in [6.45, 7) is 4.44. The van der Waals surface area contributed by atoms with E-state index >= 15 is 0 Å². The van der Waals surface area contributed by atoms with Gasteiger partial charge in [0.25, 0.3) is 6.43 Å². The van der Waals surface area contributed by atoms with Crippen molar-refractivity contribution in [1.82, 2.24) is 10.2 Å². The van der Waals surface area contributed by atoms with E-state index in [2.05, 4.69) is 12.2 Å². The molecule has 0 radical (unpaired) electrons. The number of hydrogen-bond acceptors (Lipinski definition) is 3. The van der Waals surface area contributed by atoms with E-state index in [0.29, 0.717) is 23.6 Å². The molecule has 128 valence electrons. The van der Waals surface area contributed by atoms with Crippen LogP contribution < -0.4 is 5.32 Å². The maximum atomic E-state index is 12.4. The molecule has 1 saturated heterocycles. The number of alkyl halides is 2. The Morgan fingerprint density at radius 3 is 2.50 bits per heavy atom. The van der Waals surface area contributed by atoms with Crippen LogP contribution in [0.5, 0.6) is 0 Å². The van der Waals surface area contributed by atoms with E-state index in [1.165, 1.54) is 25.7 Å². The highest BCUT2D eigenvalue weighted by Gasteiger charge is 2.56. The average Bonchev–Trinajstić information content (AvgIpc) is 3.00. The third kappa shape index (κ3) is 3.31. The van der Waals surface area contributed by atoms with Gasteiger partial charge in [0.05, 0.1) is 12.6 Å². The highest BCUT2D eigenvalue weighted by Crippen LogP contribution is 2.55. The van der Waals surface area contributed by atoms with E-state index in [1.54, 1.807) is 0 Å². The van der Waals surface area contributed by atoms with Crippen molar-refractivity contribution >= 4 is 0 Å². The zero-order chi connectivity index (χ0) is 15.6. The molecule has 0 unspecified atom stereocenters. The minimum absolute atomic E-state index is 0.0630. The normalized spacial score (nSPS) is 32.7. The largest absolute Gasteiger partial charge is 0.378 e. The lowest BCUT2D eigenvalue weighted by Crippen LogP contribution is -2.65. The minimum atomic E-state index is -2.20. The van der Waals surface area contributed by atoms with Crippen molar-refractivity contribution in [1.29, 1.82) is 0 Å². The monoisotopic (exact) mass is 316 g/mol. The maximum absolute atomic E-state index is 12.4. The van der Waals surface area contributed by atoms with E-state index in [0.717, 1.165) is 39.0 Å². The average molecular weight is 316 g/mol. The Morgan fingerprint density at radius 1 is 1.23 bits per heavy atom. The summed E-state index contributed by atoms with van der Waals surface area (Å²) in [5.74, 6) is 0. The first-order valence-corrected chi connectivity index (χ1v) is 9.02. The number of ether oxygens (including phenoxy) is 1. The Hall–Kier alpha value is -0.260. The molecule has 3 aliphatic rings. The lowest BCUT2D eigenvalue weighted by molar-refractivity contribution is -0.133. The van der Waals surface area contributed by atoms with Crippen LogP contribution in [0.3, 0.4) is 0 Å². The Balaban J connectivity index is 1.48. The van der Waals surface area contributed by atoms with Crippen molar-refractivity contribution in [3.05, 3.63) is 0 Å². The summed E-state index contributed by atoms with van der Waals surface area (Å²) < 4.78 is 30.8. The highest BCUT2D eigenvalue weighted by molar-refractivity contribution is 5.10. The maximum Gasteiger partial charge on any atom is 0.251 e. The summed E-state index contributed by atoms with van der Waals surface area (Å²) in [5.41, 5.74) is 0.371. The minimum Gasteiger partial charge on any atom is -0.378 e. The van der Waals surface area contributed by atoms with Gasteiger partial charge in [-0.1, -0.05) is 12.8 Å². The van der Waals surface area contributed by atoms with Gasteiger partial charge >= 0.3 is 0 Å². The van der Waals surface area contributed by atoms with Crippen LogP contribution in [0.4, 0.5) is 8.78 Å². The SMILES string of the molecule is CCO[C@@H]1C[C@@H](NC2CCN(CC(F)F)CC2)C12CCCC2. The van der Waals surface area contributed by atoms with Crippen LogP contribution in [0.1, 0.15) is 51.9 Å². The number of nitrogens with zero attached hydrogens (tertiary/aromatic N) is 1. The lowest BCUT2D eigenvalue weighted by Gasteiger charge is -2.55. The molecule has 0 aromatic carbocycles. The number of piperidine rings is 1. The van der Waals surface area contributed by atoms with Crippen LogP contribution in [0, 0.1) is 5.41 Å². The first-order valence-electron chi connectivity index (χ1n) is 9.02. The van der Waals surface area contributed by atoms with Gasteiger partial charge in [0.2, 0.25) is 0 Å². The number of hydrogen-bond donors (Lipinski definition) is 1. The van der Waals surface area contributed by atoms with Gasteiger partial charge in [-0.15, -0.1) is 0 Å². The van der Waals surface area contributed by atoms with Crippen molar-refractivity contribution in [3.8, 4) is 0 Å². The first-order chi connectivity index (χ1) is 10.6. The molecule has 0 aromatic heterocycles. The fourth-order valence-corrected chi connectivity index (χ4v) is 4.88. The van der Waals surface area contributed by atoms with Gasteiger partial charge in [-0.05, 0) is 52.1 Å². The van der Waals surface area contributed by atoms with Crippen LogP contribution in [0.25, 0.3) is 0 Å². The Morgan fingerprint density at radius 2 is 1.91 bits per heavy atom. The third-order valence-electron chi connectivity index (χ3n) is 6.11. The number of rotatable bonds is 6. The lowest BCUT2D eigenvalue weighted by atomic mass is 9.60. The van der Waals surface area contributed by atoms with Gasteiger partial charge in [0.1, 0.15) is 0 Å². The third-order valence-corrected chi connectivity index (χ3v) is 6.11. The van der Waals surface area contributed by atoms with E-state index in [9.17, 15) is 8.78 Å². The fraction of sp³-hybridized carbons (Fsp3) is 1.00. The standard InChI is InChI=1S/C17H30F2N2O/c1-2-22-15-11-14(17(15)7-3-4-8-17)20-13-5-9-21(10-6-13)12-16(18)19/h13-16,20H,2-12H2,1H3/t14-,15-/m1/s1. The van der Waals surface area contributed by atoms with E-state index in [-0.39, 0.29) is 6.54 Å². The molecule has 3 nitrogen and oxygen atoms in total. The first kappa shape index (κ1) is 16.6. The van der Waals surface area contributed by atoms with Gasteiger partial charge in [-0.25, -0.2) is 8.78 Å². The van der Waals surface area contributed by atoms with Crippen molar-refractivity contribution in [2.75, 3.05) is 26.2 Å². The topological polar surface area (TPSA) is 24.5 Å². The molecule has 1 heterocycles. The number of halogens is 2. The van der Waals surface area contributed by atoms with Crippen LogP contribution in [0.2, 0.25) is 0 Å². The molecule has 2 atom stereocenters. The Kier molecular flexibility index (Phi) is 5.35. The van der Waals surface area contributed by atoms with Crippen molar-refractivity contribution in [3.63, 3.8) is 0 Å². The van der Waals surface area contributed by atoms with E-state index in [4.69, 9.17) is 4.74 Å². The second kappa shape index (κ2) is 7.10. The second-order valence-electron chi connectivity index (χ2n) is 7.31. The molecule has 1 N–H and O–H groups in total. The number of nitrogens with one attached hydrogen (secondary N) is 1. The van der Waals surface area contributed by atoms with Gasteiger partial charge in [-0.3, -0.25) is 4.90 Å². The van der Waals surface area contributed by atoms with E-state index < -0.39 is 6.43 Å².